The molecule has 0 atom stereocenters. The highest BCUT2D eigenvalue weighted by Gasteiger charge is 2.03. The number of unbranched alkanes of at least 4 members (excludes halogenated alkanes) is 12. The zero-order valence-corrected chi connectivity index (χ0v) is 15.3. The molecule has 5 heteroatoms. The van der Waals surface area contributed by atoms with Gasteiger partial charge in [-0.05, 0) is 25.7 Å². The van der Waals surface area contributed by atoms with E-state index < -0.39 is 6.16 Å². The van der Waals surface area contributed by atoms with E-state index in [1.807, 2.05) is 0 Å². The molecule has 5 nitrogen and oxygen atoms in total. The van der Waals surface area contributed by atoms with Crippen LogP contribution >= 0.6 is 0 Å². The van der Waals surface area contributed by atoms with Crippen LogP contribution in [0.2, 0.25) is 0 Å². The molecule has 0 aromatic rings. The third kappa shape index (κ3) is 19.2. The molecule has 0 aliphatic heterocycles. The summed E-state index contributed by atoms with van der Waals surface area (Å²) >= 11 is 0. The van der Waals surface area contributed by atoms with E-state index >= 15 is 0 Å². The summed E-state index contributed by atoms with van der Waals surface area (Å²) in [6.07, 6.45) is 14.4. The van der Waals surface area contributed by atoms with Crippen LogP contribution in [0.5, 0.6) is 0 Å². The van der Waals surface area contributed by atoms with Crippen LogP contribution in [-0.2, 0) is 9.47 Å². The monoisotopic (exact) mass is 346 g/mol. The molecule has 0 unspecified atom stereocenters. The summed E-state index contributed by atoms with van der Waals surface area (Å²) in [5.41, 5.74) is 0. The molecule has 0 saturated heterocycles. The summed E-state index contributed by atoms with van der Waals surface area (Å²) in [5.74, 6) is 0. The quantitative estimate of drug-likeness (QED) is 0.280. The maximum atomic E-state index is 11.4. The van der Waals surface area contributed by atoms with Gasteiger partial charge in [0.05, 0.1) is 13.2 Å². The second-order valence-electron chi connectivity index (χ2n) is 6.34. The van der Waals surface area contributed by atoms with Crippen LogP contribution in [0.4, 0.5) is 4.79 Å². The van der Waals surface area contributed by atoms with Crippen LogP contribution in [-0.4, -0.2) is 42.8 Å². The van der Waals surface area contributed by atoms with Gasteiger partial charge in [-0.3, -0.25) is 0 Å². The molecule has 0 heterocycles. The molecule has 2 N–H and O–H groups in total. The fraction of sp³-hybridized carbons (Fsp3) is 0.947. The van der Waals surface area contributed by atoms with E-state index in [1.54, 1.807) is 0 Å². The highest BCUT2D eigenvalue weighted by molar-refractivity contribution is 5.59. The van der Waals surface area contributed by atoms with Crippen molar-refractivity contribution in [2.45, 2.75) is 89.9 Å². The number of carbonyl (C=O) groups excluding carboxylic acids is 1. The molecule has 0 aromatic carbocycles. The van der Waals surface area contributed by atoms with Crippen molar-refractivity contribution in [1.82, 2.24) is 0 Å². The first-order valence-electron chi connectivity index (χ1n) is 9.82. The van der Waals surface area contributed by atoms with Crippen molar-refractivity contribution in [3.8, 4) is 0 Å². The molecule has 24 heavy (non-hydrogen) atoms. The highest BCUT2D eigenvalue weighted by Crippen LogP contribution is 2.08. The molecule has 0 radical (unpaired) electrons. The summed E-state index contributed by atoms with van der Waals surface area (Å²) < 4.78 is 10.1. The molecule has 0 fully saturated rings. The predicted molar refractivity (Wildman–Crippen MR) is 96.1 cm³/mol. The fourth-order valence-corrected chi connectivity index (χ4v) is 2.55. The van der Waals surface area contributed by atoms with Crippen LogP contribution in [0.25, 0.3) is 0 Å². The summed E-state index contributed by atoms with van der Waals surface area (Å²) in [4.78, 5) is 11.4. The molecular formula is C19H38O5. The van der Waals surface area contributed by atoms with Crippen molar-refractivity contribution in [2.75, 3.05) is 26.4 Å². The molecule has 0 amide bonds. The Labute approximate surface area is 147 Å². The lowest BCUT2D eigenvalue weighted by molar-refractivity contribution is 0.0529. The Bertz CT molecular complexity index is 234. The number of aliphatic hydroxyl groups is 2. The minimum Gasteiger partial charge on any atom is -0.434 e. The Balaban J connectivity index is 3.13. The zero-order chi connectivity index (χ0) is 17.7. The van der Waals surface area contributed by atoms with Gasteiger partial charge in [0.15, 0.2) is 0 Å². The van der Waals surface area contributed by atoms with E-state index in [0.717, 1.165) is 64.2 Å². The molecule has 0 aromatic heterocycles. The van der Waals surface area contributed by atoms with Gasteiger partial charge >= 0.3 is 6.16 Å². The summed E-state index contributed by atoms with van der Waals surface area (Å²) in [6, 6.07) is 0. The average Bonchev–Trinajstić information content (AvgIpc) is 2.59. The summed E-state index contributed by atoms with van der Waals surface area (Å²) in [5, 5.41) is 17.3. The minimum absolute atomic E-state index is 0.292. The first-order valence-corrected chi connectivity index (χ1v) is 9.82. The lowest BCUT2D eigenvalue weighted by Crippen LogP contribution is -2.09. The molecule has 0 bridgehead atoms. The van der Waals surface area contributed by atoms with Crippen molar-refractivity contribution in [1.29, 1.82) is 0 Å². The Morgan fingerprint density at radius 2 is 0.792 bits per heavy atom. The number of rotatable bonds is 18. The van der Waals surface area contributed by atoms with Crippen LogP contribution < -0.4 is 0 Å². The second-order valence-corrected chi connectivity index (χ2v) is 6.34. The van der Waals surface area contributed by atoms with Gasteiger partial charge < -0.3 is 19.7 Å². The van der Waals surface area contributed by atoms with Crippen LogP contribution in [0, 0.1) is 0 Å². The van der Waals surface area contributed by atoms with E-state index in [9.17, 15) is 4.79 Å². The van der Waals surface area contributed by atoms with Crippen LogP contribution in [0.1, 0.15) is 89.9 Å². The molecule has 144 valence electrons. The largest absolute Gasteiger partial charge is 0.508 e. The maximum absolute atomic E-state index is 11.4. The second kappa shape index (κ2) is 20.2. The number of hydrogen-bond donors (Lipinski definition) is 2. The van der Waals surface area contributed by atoms with Gasteiger partial charge in [-0.15, -0.1) is 0 Å². The van der Waals surface area contributed by atoms with Gasteiger partial charge in [0, 0.05) is 13.2 Å². The van der Waals surface area contributed by atoms with Gasteiger partial charge in [0.25, 0.3) is 0 Å². The minimum atomic E-state index is -0.541. The standard InChI is InChI=1S/C19H38O5/c20-15-11-7-3-1-5-9-13-17-23-19(22)24-18-14-10-6-2-4-8-12-16-21/h20-21H,1-18H2. The van der Waals surface area contributed by atoms with E-state index in [4.69, 9.17) is 19.7 Å². The Morgan fingerprint density at radius 3 is 1.12 bits per heavy atom. The predicted octanol–water partition coefficient (Wildman–Crippen LogP) is 4.59. The molecule has 0 rings (SSSR count). The first kappa shape index (κ1) is 23.2. The van der Waals surface area contributed by atoms with Crippen molar-refractivity contribution in [3.05, 3.63) is 0 Å². The van der Waals surface area contributed by atoms with E-state index in [1.165, 1.54) is 25.7 Å². The molecular weight excluding hydrogens is 308 g/mol. The fourth-order valence-electron chi connectivity index (χ4n) is 2.55. The van der Waals surface area contributed by atoms with E-state index in [0.29, 0.717) is 26.4 Å². The van der Waals surface area contributed by atoms with Gasteiger partial charge in [-0.2, -0.15) is 0 Å². The van der Waals surface area contributed by atoms with Crippen LogP contribution in [0.15, 0.2) is 0 Å². The topological polar surface area (TPSA) is 76.0 Å². The molecule has 0 spiro atoms. The third-order valence-electron chi connectivity index (χ3n) is 4.04. The number of aliphatic hydroxyl groups excluding tert-OH is 2. The SMILES string of the molecule is O=C(OCCCCCCCCCO)OCCCCCCCCCO. The lowest BCUT2D eigenvalue weighted by Gasteiger charge is -2.06. The number of ether oxygens (including phenoxy) is 2. The van der Waals surface area contributed by atoms with Crippen LogP contribution in [0.3, 0.4) is 0 Å². The Morgan fingerprint density at radius 1 is 0.500 bits per heavy atom. The lowest BCUT2D eigenvalue weighted by atomic mass is 10.1. The van der Waals surface area contributed by atoms with E-state index in [2.05, 4.69) is 0 Å². The average molecular weight is 347 g/mol. The summed E-state index contributed by atoms with van der Waals surface area (Å²) in [7, 11) is 0. The molecule has 0 aliphatic rings. The highest BCUT2D eigenvalue weighted by atomic mass is 16.7. The van der Waals surface area contributed by atoms with E-state index in [-0.39, 0.29) is 0 Å². The van der Waals surface area contributed by atoms with Crippen molar-refractivity contribution >= 4 is 6.16 Å². The van der Waals surface area contributed by atoms with Gasteiger partial charge in [0.2, 0.25) is 0 Å². The smallest absolute Gasteiger partial charge is 0.434 e. The normalized spacial score (nSPS) is 10.8. The summed E-state index contributed by atoms with van der Waals surface area (Å²) in [6.45, 7) is 1.47. The van der Waals surface area contributed by atoms with Crippen molar-refractivity contribution in [3.63, 3.8) is 0 Å². The zero-order valence-electron chi connectivity index (χ0n) is 15.3. The number of hydrogen-bond acceptors (Lipinski definition) is 5. The third-order valence-corrected chi connectivity index (χ3v) is 4.04. The maximum Gasteiger partial charge on any atom is 0.508 e. The molecule has 0 saturated carbocycles. The van der Waals surface area contributed by atoms with Gasteiger partial charge in [-0.1, -0.05) is 64.2 Å². The number of carbonyl (C=O) groups is 1. The Hall–Kier alpha value is -0.810. The first-order chi connectivity index (χ1) is 11.8. The van der Waals surface area contributed by atoms with Crippen molar-refractivity contribution in [2.24, 2.45) is 0 Å². The van der Waals surface area contributed by atoms with Crippen molar-refractivity contribution < 1.29 is 24.5 Å². The molecule has 0 aliphatic carbocycles. The Kier molecular flexibility index (Phi) is 19.6. The van der Waals surface area contributed by atoms with Gasteiger partial charge in [0.1, 0.15) is 0 Å². The van der Waals surface area contributed by atoms with Gasteiger partial charge in [-0.25, -0.2) is 4.79 Å².